The van der Waals surface area contributed by atoms with E-state index in [9.17, 15) is 4.39 Å². The molecule has 1 aliphatic rings. The highest BCUT2D eigenvalue weighted by Crippen LogP contribution is 2.47. The topological polar surface area (TPSA) is 79.7 Å². The zero-order valence-corrected chi connectivity index (χ0v) is 10.1. The third kappa shape index (κ3) is 1.74. The maximum atomic E-state index is 14.4. The lowest BCUT2D eigenvalue weighted by Gasteiger charge is -2.22. The number of methoxy groups -OCH3 is 1. The normalized spacial score (nSPS) is 13.4. The fourth-order valence-corrected chi connectivity index (χ4v) is 1.97. The van der Waals surface area contributed by atoms with Crippen LogP contribution in [0.3, 0.4) is 0 Å². The van der Waals surface area contributed by atoms with E-state index in [1.807, 2.05) is 0 Å². The van der Waals surface area contributed by atoms with Gasteiger partial charge in [0, 0.05) is 6.07 Å². The summed E-state index contributed by atoms with van der Waals surface area (Å²) in [5.41, 5.74) is 6.07. The molecular formula is C12H11FN2O4. The molecule has 7 heteroatoms. The molecule has 0 aliphatic carbocycles. The van der Waals surface area contributed by atoms with Crippen LogP contribution in [0.2, 0.25) is 0 Å². The first kappa shape index (κ1) is 11.6. The minimum absolute atomic E-state index is 0.00327. The monoisotopic (exact) mass is 266 g/mol. The molecule has 0 bridgehead atoms. The molecule has 1 aromatic carbocycles. The van der Waals surface area contributed by atoms with E-state index in [2.05, 4.69) is 5.16 Å². The number of hydrogen-bond acceptors (Lipinski definition) is 6. The summed E-state index contributed by atoms with van der Waals surface area (Å²) in [7, 11) is 1.37. The molecule has 0 unspecified atom stereocenters. The standard InChI is InChI=1S/C12H11FN2O4/c1-16-7-4-8-11(18-3-2-17-8)9(10(7)13)6-5-15-19-12(6)14/h4-5H,2-3,14H2,1H3. The highest BCUT2D eigenvalue weighted by molar-refractivity contribution is 5.81. The maximum absolute atomic E-state index is 14.4. The molecular weight excluding hydrogens is 255 g/mol. The highest BCUT2D eigenvalue weighted by Gasteiger charge is 2.27. The second-order valence-electron chi connectivity index (χ2n) is 3.90. The quantitative estimate of drug-likeness (QED) is 0.893. The second kappa shape index (κ2) is 4.34. The lowest BCUT2D eigenvalue weighted by Crippen LogP contribution is -2.16. The molecule has 2 N–H and O–H groups in total. The largest absolute Gasteiger partial charge is 0.494 e. The van der Waals surface area contributed by atoms with Crippen molar-refractivity contribution in [2.75, 3.05) is 26.1 Å². The van der Waals surface area contributed by atoms with Crippen molar-refractivity contribution in [3.05, 3.63) is 18.1 Å². The second-order valence-corrected chi connectivity index (χ2v) is 3.90. The smallest absolute Gasteiger partial charge is 0.230 e. The van der Waals surface area contributed by atoms with Crippen LogP contribution in [0.25, 0.3) is 11.1 Å². The SMILES string of the molecule is COc1cc2c(c(-c3cnoc3N)c1F)OCCO2. The van der Waals surface area contributed by atoms with E-state index in [1.165, 1.54) is 19.4 Å². The Morgan fingerprint density at radius 1 is 1.37 bits per heavy atom. The highest BCUT2D eigenvalue weighted by atomic mass is 19.1. The Kier molecular flexibility index (Phi) is 2.66. The van der Waals surface area contributed by atoms with Crippen LogP contribution in [0.5, 0.6) is 17.2 Å². The Labute approximate surface area is 107 Å². The Bertz CT molecular complexity index is 626. The molecule has 1 aliphatic heterocycles. The summed E-state index contributed by atoms with van der Waals surface area (Å²) in [5, 5.41) is 3.54. The number of nitrogen functional groups attached to an aromatic ring is 1. The molecule has 3 rings (SSSR count). The van der Waals surface area contributed by atoms with Crippen molar-refractivity contribution in [2.24, 2.45) is 0 Å². The van der Waals surface area contributed by atoms with E-state index in [0.29, 0.717) is 24.5 Å². The van der Waals surface area contributed by atoms with E-state index in [-0.39, 0.29) is 22.9 Å². The van der Waals surface area contributed by atoms with Gasteiger partial charge in [-0.1, -0.05) is 5.16 Å². The Morgan fingerprint density at radius 3 is 2.84 bits per heavy atom. The average molecular weight is 266 g/mol. The van der Waals surface area contributed by atoms with Crippen molar-refractivity contribution < 1.29 is 23.1 Å². The molecule has 0 spiro atoms. The number of ether oxygens (including phenoxy) is 3. The molecule has 2 aromatic rings. The van der Waals surface area contributed by atoms with Crippen LogP contribution in [0.4, 0.5) is 10.3 Å². The van der Waals surface area contributed by atoms with Gasteiger partial charge in [0.25, 0.3) is 0 Å². The van der Waals surface area contributed by atoms with Gasteiger partial charge in [0.2, 0.25) is 5.88 Å². The summed E-state index contributed by atoms with van der Waals surface area (Å²) in [6, 6.07) is 1.44. The zero-order valence-electron chi connectivity index (χ0n) is 10.1. The van der Waals surface area contributed by atoms with Gasteiger partial charge in [0.15, 0.2) is 23.1 Å². The summed E-state index contributed by atoms with van der Waals surface area (Å²) in [6.45, 7) is 0.720. The Balaban J connectivity index is 2.29. The van der Waals surface area contributed by atoms with Gasteiger partial charge in [-0.05, 0) is 0 Å². The molecule has 6 nitrogen and oxygen atoms in total. The zero-order chi connectivity index (χ0) is 13.4. The van der Waals surface area contributed by atoms with Gasteiger partial charge in [-0.25, -0.2) is 4.39 Å². The predicted molar refractivity (Wildman–Crippen MR) is 63.9 cm³/mol. The van der Waals surface area contributed by atoms with Crippen molar-refractivity contribution in [3.8, 4) is 28.4 Å². The summed E-state index contributed by atoms with van der Waals surface area (Å²) < 4.78 is 35.1. The molecule has 0 atom stereocenters. The Morgan fingerprint density at radius 2 is 2.16 bits per heavy atom. The fourth-order valence-electron chi connectivity index (χ4n) is 1.97. The molecule has 0 amide bonds. The number of halogens is 1. The van der Waals surface area contributed by atoms with E-state index in [4.69, 9.17) is 24.5 Å². The maximum Gasteiger partial charge on any atom is 0.230 e. The molecule has 100 valence electrons. The van der Waals surface area contributed by atoms with Gasteiger partial charge < -0.3 is 24.5 Å². The number of rotatable bonds is 2. The summed E-state index contributed by atoms with van der Waals surface area (Å²) in [6.07, 6.45) is 1.32. The van der Waals surface area contributed by atoms with Gasteiger partial charge in [-0.3, -0.25) is 0 Å². The lowest BCUT2D eigenvalue weighted by molar-refractivity contribution is 0.170. The number of benzene rings is 1. The third-order valence-corrected chi connectivity index (χ3v) is 2.82. The van der Waals surface area contributed by atoms with Crippen LogP contribution in [-0.2, 0) is 0 Å². The van der Waals surface area contributed by atoms with Gasteiger partial charge in [-0.2, -0.15) is 0 Å². The molecule has 0 fully saturated rings. The summed E-state index contributed by atoms with van der Waals surface area (Å²) >= 11 is 0. The Hall–Kier alpha value is -2.44. The van der Waals surface area contributed by atoms with Crippen molar-refractivity contribution in [3.63, 3.8) is 0 Å². The number of aromatic nitrogens is 1. The first-order valence-corrected chi connectivity index (χ1v) is 5.59. The van der Waals surface area contributed by atoms with Crippen LogP contribution >= 0.6 is 0 Å². The number of hydrogen-bond donors (Lipinski definition) is 1. The van der Waals surface area contributed by atoms with Crippen molar-refractivity contribution in [1.82, 2.24) is 5.16 Å². The van der Waals surface area contributed by atoms with Crippen LogP contribution < -0.4 is 19.9 Å². The van der Waals surface area contributed by atoms with Crippen LogP contribution in [0, 0.1) is 5.82 Å². The van der Waals surface area contributed by atoms with E-state index >= 15 is 0 Å². The molecule has 0 radical (unpaired) electrons. The van der Waals surface area contributed by atoms with Crippen LogP contribution in [0.15, 0.2) is 16.8 Å². The van der Waals surface area contributed by atoms with Gasteiger partial charge >= 0.3 is 0 Å². The number of anilines is 1. The van der Waals surface area contributed by atoms with Crippen molar-refractivity contribution >= 4 is 5.88 Å². The average Bonchev–Trinajstić information content (AvgIpc) is 2.84. The molecule has 0 saturated heterocycles. The molecule has 1 aromatic heterocycles. The van der Waals surface area contributed by atoms with Gasteiger partial charge in [0.05, 0.1) is 24.4 Å². The minimum atomic E-state index is -0.596. The lowest BCUT2D eigenvalue weighted by atomic mass is 10.0. The number of fused-ring (bicyclic) bond motifs is 1. The van der Waals surface area contributed by atoms with E-state index in [0.717, 1.165) is 0 Å². The van der Waals surface area contributed by atoms with Crippen molar-refractivity contribution in [2.45, 2.75) is 0 Å². The first-order chi connectivity index (χ1) is 9.22. The van der Waals surface area contributed by atoms with Crippen LogP contribution in [-0.4, -0.2) is 25.5 Å². The summed E-state index contributed by atoms with van der Waals surface area (Å²) in [5.74, 6) is 0.129. The number of nitrogens with two attached hydrogens (primary N) is 1. The molecule has 0 saturated carbocycles. The van der Waals surface area contributed by atoms with E-state index < -0.39 is 5.82 Å². The first-order valence-electron chi connectivity index (χ1n) is 5.59. The fraction of sp³-hybridized carbons (Fsp3) is 0.250. The van der Waals surface area contributed by atoms with E-state index in [1.54, 1.807) is 0 Å². The molecule has 2 heterocycles. The van der Waals surface area contributed by atoms with Gasteiger partial charge in [0.1, 0.15) is 13.2 Å². The van der Waals surface area contributed by atoms with Crippen molar-refractivity contribution in [1.29, 1.82) is 0 Å². The summed E-state index contributed by atoms with van der Waals surface area (Å²) in [4.78, 5) is 0. The van der Waals surface area contributed by atoms with Gasteiger partial charge in [-0.15, -0.1) is 0 Å². The molecule has 19 heavy (non-hydrogen) atoms. The third-order valence-electron chi connectivity index (χ3n) is 2.82. The predicted octanol–water partition coefficient (Wildman–Crippen LogP) is 1.84. The van der Waals surface area contributed by atoms with Crippen LogP contribution in [0.1, 0.15) is 0 Å². The minimum Gasteiger partial charge on any atom is -0.494 e. The number of nitrogens with zero attached hydrogens (tertiary/aromatic N) is 1.